The summed E-state index contributed by atoms with van der Waals surface area (Å²) in [5, 5.41) is 0. The van der Waals surface area contributed by atoms with Gasteiger partial charge in [0.2, 0.25) is 10.0 Å². The van der Waals surface area contributed by atoms with E-state index in [-0.39, 0.29) is 10.8 Å². The van der Waals surface area contributed by atoms with Crippen LogP contribution < -0.4 is 0 Å². The number of rotatable bonds is 7. The number of aryl methyl sites for hydroxylation is 1. The Morgan fingerprint density at radius 3 is 2.58 bits per heavy atom. The van der Waals surface area contributed by atoms with Gasteiger partial charge in [-0.2, -0.15) is 4.31 Å². The molecule has 1 saturated heterocycles. The molecule has 0 unspecified atom stereocenters. The summed E-state index contributed by atoms with van der Waals surface area (Å²) < 4.78 is 32.7. The first-order valence-electron chi connectivity index (χ1n) is 9.41. The summed E-state index contributed by atoms with van der Waals surface area (Å²) in [6.07, 6.45) is 3.25. The summed E-state index contributed by atoms with van der Waals surface area (Å²) in [5.41, 5.74) is 1.12. The summed E-state index contributed by atoms with van der Waals surface area (Å²) >= 11 is 0. The van der Waals surface area contributed by atoms with Crippen LogP contribution in [0.25, 0.3) is 0 Å². The van der Waals surface area contributed by atoms with Crippen molar-refractivity contribution in [2.75, 3.05) is 39.4 Å². The van der Waals surface area contributed by atoms with Gasteiger partial charge in [-0.25, -0.2) is 8.42 Å². The molecule has 144 valence electrons. The molecule has 1 aromatic rings. The van der Waals surface area contributed by atoms with Crippen LogP contribution in [0.2, 0.25) is 0 Å². The third kappa shape index (κ3) is 4.27. The second-order valence-electron chi connectivity index (χ2n) is 7.19. The van der Waals surface area contributed by atoms with Crippen LogP contribution >= 0.6 is 0 Å². The molecule has 3 rings (SSSR count). The van der Waals surface area contributed by atoms with Crippen LogP contribution in [0.5, 0.6) is 0 Å². The Balaban J connectivity index is 1.87. The van der Waals surface area contributed by atoms with Crippen molar-refractivity contribution in [2.24, 2.45) is 5.92 Å². The fraction of sp³-hybridized carbons (Fsp3) is 0.632. The molecule has 0 atom stereocenters. The number of carbonyl (C=O) groups excluding carboxylic acids is 1. The standard InChI is InChI=1S/C19H28N2O4S/c1-3-8-20(14-16-5-6-16)19(22)17-7-4-15(2)18(13-17)26(23,24)21-9-11-25-12-10-21/h4,7,13,16H,3,5-6,8-12,14H2,1-2H3. The molecule has 0 radical (unpaired) electrons. The van der Waals surface area contributed by atoms with Gasteiger partial charge < -0.3 is 9.64 Å². The van der Waals surface area contributed by atoms with Crippen molar-refractivity contribution < 1.29 is 17.9 Å². The second kappa shape index (κ2) is 8.06. The minimum Gasteiger partial charge on any atom is -0.379 e. The van der Waals surface area contributed by atoms with Gasteiger partial charge in [0.05, 0.1) is 18.1 Å². The molecule has 7 heteroatoms. The number of ether oxygens (including phenoxy) is 1. The van der Waals surface area contributed by atoms with E-state index in [1.165, 1.54) is 17.1 Å². The third-order valence-corrected chi connectivity index (χ3v) is 7.02. The molecule has 0 bridgehead atoms. The first-order chi connectivity index (χ1) is 12.4. The Bertz CT molecular complexity index is 753. The summed E-state index contributed by atoms with van der Waals surface area (Å²) in [6, 6.07) is 5.03. The first-order valence-corrected chi connectivity index (χ1v) is 10.8. The predicted molar refractivity (Wildman–Crippen MR) is 99.7 cm³/mol. The van der Waals surface area contributed by atoms with E-state index in [4.69, 9.17) is 4.74 Å². The van der Waals surface area contributed by atoms with E-state index in [1.807, 2.05) is 4.90 Å². The average Bonchev–Trinajstić information content (AvgIpc) is 3.46. The third-order valence-electron chi connectivity index (χ3n) is 4.98. The molecule has 2 fully saturated rings. The number of nitrogens with zero attached hydrogens (tertiary/aromatic N) is 2. The highest BCUT2D eigenvalue weighted by molar-refractivity contribution is 7.89. The van der Waals surface area contributed by atoms with Crippen molar-refractivity contribution in [3.63, 3.8) is 0 Å². The van der Waals surface area contributed by atoms with Gasteiger partial charge in [-0.1, -0.05) is 13.0 Å². The molecule has 2 aliphatic rings. The molecular formula is C19H28N2O4S. The van der Waals surface area contributed by atoms with E-state index in [9.17, 15) is 13.2 Å². The highest BCUT2D eigenvalue weighted by Gasteiger charge is 2.30. The monoisotopic (exact) mass is 380 g/mol. The summed E-state index contributed by atoms with van der Waals surface area (Å²) in [5.74, 6) is 0.532. The number of morpholine rings is 1. The van der Waals surface area contributed by atoms with Gasteiger partial charge in [0.25, 0.3) is 5.91 Å². The zero-order valence-electron chi connectivity index (χ0n) is 15.6. The maximum atomic E-state index is 13.0. The lowest BCUT2D eigenvalue weighted by molar-refractivity contribution is 0.0729. The van der Waals surface area contributed by atoms with Crippen LogP contribution in [-0.2, 0) is 14.8 Å². The minimum atomic E-state index is -3.61. The van der Waals surface area contributed by atoms with Crippen molar-refractivity contribution in [3.8, 4) is 0 Å². The Morgan fingerprint density at radius 1 is 1.27 bits per heavy atom. The van der Waals surface area contributed by atoms with E-state index in [0.29, 0.717) is 49.9 Å². The molecular weight excluding hydrogens is 352 g/mol. The summed E-state index contributed by atoms with van der Waals surface area (Å²) in [7, 11) is -3.61. The SMILES string of the molecule is CCCN(CC1CC1)C(=O)c1ccc(C)c(S(=O)(=O)N2CCOCC2)c1. The number of sulfonamides is 1. The maximum Gasteiger partial charge on any atom is 0.253 e. The molecule has 1 aromatic carbocycles. The minimum absolute atomic E-state index is 0.0721. The molecule has 0 spiro atoms. The molecule has 0 N–H and O–H groups in total. The molecule has 1 heterocycles. The molecule has 1 amide bonds. The largest absolute Gasteiger partial charge is 0.379 e. The number of amides is 1. The van der Waals surface area contributed by atoms with E-state index < -0.39 is 10.0 Å². The Labute approximate surface area is 156 Å². The fourth-order valence-corrected chi connectivity index (χ4v) is 4.94. The van der Waals surface area contributed by atoms with Crippen molar-refractivity contribution in [2.45, 2.75) is 38.0 Å². The lowest BCUT2D eigenvalue weighted by Gasteiger charge is -2.27. The fourth-order valence-electron chi connectivity index (χ4n) is 3.28. The lowest BCUT2D eigenvalue weighted by atomic mass is 10.1. The van der Waals surface area contributed by atoms with Crippen LogP contribution in [0.1, 0.15) is 42.1 Å². The summed E-state index contributed by atoms with van der Waals surface area (Å²) in [6.45, 7) is 6.81. The molecule has 6 nitrogen and oxygen atoms in total. The number of carbonyl (C=O) groups is 1. The average molecular weight is 381 g/mol. The van der Waals surface area contributed by atoms with Crippen LogP contribution in [0.15, 0.2) is 23.1 Å². The number of hydrogen-bond acceptors (Lipinski definition) is 4. The van der Waals surface area contributed by atoms with Gasteiger partial charge in [0.1, 0.15) is 0 Å². The van der Waals surface area contributed by atoms with Crippen LogP contribution in [0.3, 0.4) is 0 Å². The Hall–Kier alpha value is -1.44. The Kier molecular flexibility index (Phi) is 5.99. The quantitative estimate of drug-likeness (QED) is 0.728. The van der Waals surface area contributed by atoms with Crippen LogP contribution in [0.4, 0.5) is 0 Å². The lowest BCUT2D eigenvalue weighted by Crippen LogP contribution is -2.41. The van der Waals surface area contributed by atoms with Gasteiger partial charge in [-0.05, 0) is 49.8 Å². The second-order valence-corrected chi connectivity index (χ2v) is 9.10. The van der Waals surface area contributed by atoms with Gasteiger partial charge in [-0.3, -0.25) is 4.79 Å². The van der Waals surface area contributed by atoms with Gasteiger partial charge >= 0.3 is 0 Å². The van der Waals surface area contributed by atoms with E-state index >= 15 is 0 Å². The zero-order chi connectivity index (χ0) is 18.7. The van der Waals surface area contributed by atoms with Crippen LogP contribution in [0, 0.1) is 12.8 Å². The van der Waals surface area contributed by atoms with Crippen LogP contribution in [-0.4, -0.2) is 62.9 Å². The Morgan fingerprint density at radius 2 is 1.96 bits per heavy atom. The molecule has 0 aromatic heterocycles. The van der Waals surface area contributed by atoms with E-state index in [2.05, 4.69) is 6.92 Å². The highest BCUT2D eigenvalue weighted by atomic mass is 32.2. The number of benzene rings is 1. The summed E-state index contributed by atoms with van der Waals surface area (Å²) in [4.78, 5) is 15.1. The van der Waals surface area contributed by atoms with E-state index in [1.54, 1.807) is 25.1 Å². The highest BCUT2D eigenvalue weighted by Crippen LogP contribution is 2.30. The molecule has 26 heavy (non-hydrogen) atoms. The van der Waals surface area contributed by atoms with Crippen molar-refractivity contribution in [3.05, 3.63) is 29.3 Å². The normalized spacial score (nSPS) is 18.7. The van der Waals surface area contributed by atoms with Gasteiger partial charge in [0.15, 0.2) is 0 Å². The zero-order valence-corrected chi connectivity index (χ0v) is 16.4. The first kappa shape index (κ1) is 19.3. The molecule has 1 aliphatic heterocycles. The topological polar surface area (TPSA) is 66.9 Å². The van der Waals surface area contributed by atoms with Gasteiger partial charge in [0, 0.05) is 31.7 Å². The number of hydrogen-bond donors (Lipinski definition) is 0. The molecule has 1 aliphatic carbocycles. The van der Waals surface area contributed by atoms with Crippen molar-refractivity contribution in [1.29, 1.82) is 0 Å². The van der Waals surface area contributed by atoms with E-state index in [0.717, 1.165) is 13.0 Å². The maximum absolute atomic E-state index is 13.0. The predicted octanol–water partition coefficient (Wildman–Crippen LogP) is 2.28. The smallest absolute Gasteiger partial charge is 0.253 e. The molecule has 1 saturated carbocycles. The van der Waals surface area contributed by atoms with Crippen molar-refractivity contribution >= 4 is 15.9 Å². The van der Waals surface area contributed by atoms with Gasteiger partial charge in [-0.15, -0.1) is 0 Å². The van der Waals surface area contributed by atoms with Crippen molar-refractivity contribution in [1.82, 2.24) is 9.21 Å².